The van der Waals surface area contributed by atoms with Crippen LogP contribution in [0.2, 0.25) is 5.15 Å². The van der Waals surface area contributed by atoms with Gasteiger partial charge in [-0.2, -0.15) is 13.2 Å². The first-order valence-corrected chi connectivity index (χ1v) is 5.70. The standard InChI is InChI=1S/C11H11ClF3NO/c12-9-5-8(11(13,14)15)6-10(16-9)17-4-3-7-1-2-7/h5-7H,1-4H2. The van der Waals surface area contributed by atoms with Gasteiger partial charge in [0.2, 0.25) is 5.88 Å². The predicted octanol–water partition coefficient (Wildman–Crippen LogP) is 3.93. The molecule has 17 heavy (non-hydrogen) atoms. The Balaban J connectivity index is 2.02. The molecule has 0 bridgehead atoms. The molecule has 1 heterocycles. The summed E-state index contributed by atoms with van der Waals surface area (Å²) in [6, 6.07) is 1.66. The van der Waals surface area contributed by atoms with E-state index in [0.717, 1.165) is 18.6 Å². The Hall–Kier alpha value is -0.970. The number of rotatable bonds is 4. The Morgan fingerprint density at radius 1 is 1.35 bits per heavy atom. The quantitative estimate of drug-likeness (QED) is 0.770. The zero-order chi connectivity index (χ0) is 12.5. The molecule has 6 heteroatoms. The van der Waals surface area contributed by atoms with Crippen LogP contribution in [0.3, 0.4) is 0 Å². The minimum absolute atomic E-state index is 0.0644. The molecule has 1 aromatic rings. The molecule has 0 aromatic carbocycles. The number of halogens is 4. The van der Waals surface area contributed by atoms with Gasteiger partial charge in [0.1, 0.15) is 5.15 Å². The van der Waals surface area contributed by atoms with E-state index >= 15 is 0 Å². The summed E-state index contributed by atoms with van der Waals surface area (Å²) in [6.07, 6.45) is -1.21. The van der Waals surface area contributed by atoms with Crippen LogP contribution in [0.25, 0.3) is 0 Å². The van der Waals surface area contributed by atoms with Crippen molar-refractivity contribution in [2.24, 2.45) is 5.92 Å². The lowest BCUT2D eigenvalue weighted by Gasteiger charge is -2.10. The van der Waals surface area contributed by atoms with Gasteiger partial charge in [-0.25, -0.2) is 4.98 Å². The molecule has 1 aromatic heterocycles. The summed E-state index contributed by atoms with van der Waals surface area (Å²) < 4.78 is 42.6. The Labute approximate surface area is 102 Å². The van der Waals surface area contributed by atoms with Crippen molar-refractivity contribution in [3.63, 3.8) is 0 Å². The van der Waals surface area contributed by atoms with Crippen LogP contribution >= 0.6 is 11.6 Å². The van der Waals surface area contributed by atoms with Crippen LogP contribution in [0.15, 0.2) is 12.1 Å². The lowest BCUT2D eigenvalue weighted by Crippen LogP contribution is -2.07. The highest BCUT2D eigenvalue weighted by Crippen LogP contribution is 2.34. The summed E-state index contributed by atoms with van der Waals surface area (Å²) in [6.45, 7) is 0.384. The molecule has 2 rings (SSSR count). The van der Waals surface area contributed by atoms with E-state index in [1.807, 2.05) is 0 Å². The van der Waals surface area contributed by atoms with Crippen LogP contribution < -0.4 is 4.74 Å². The Morgan fingerprint density at radius 2 is 2.06 bits per heavy atom. The molecule has 0 N–H and O–H groups in total. The van der Waals surface area contributed by atoms with Crippen molar-refractivity contribution >= 4 is 11.6 Å². The second-order valence-corrected chi connectivity index (χ2v) is 4.48. The fraction of sp³-hybridized carbons (Fsp3) is 0.545. The smallest absolute Gasteiger partial charge is 0.416 e. The number of ether oxygens (including phenoxy) is 1. The van der Waals surface area contributed by atoms with Crippen LogP contribution in [0.1, 0.15) is 24.8 Å². The molecule has 1 fully saturated rings. The second kappa shape index (κ2) is 4.72. The van der Waals surface area contributed by atoms with Crippen molar-refractivity contribution in [1.29, 1.82) is 0 Å². The van der Waals surface area contributed by atoms with Crippen molar-refractivity contribution in [3.8, 4) is 5.88 Å². The van der Waals surface area contributed by atoms with E-state index in [9.17, 15) is 13.2 Å². The molecule has 94 valence electrons. The third kappa shape index (κ3) is 3.77. The third-order valence-electron chi connectivity index (χ3n) is 2.57. The van der Waals surface area contributed by atoms with E-state index < -0.39 is 11.7 Å². The van der Waals surface area contributed by atoms with E-state index in [2.05, 4.69) is 4.98 Å². The van der Waals surface area contributed by atoms with E-state index in [0.29, 0.717) is 12.5 Å². The number of nitrogens with zero attached hydrogens (tertiary/aromatic N) is 1. The largest absolute Gasteiger partial charge is 0.478 e. The molecular formula is C11H11ClF3NO. The third-order valence-corrected chi connectivity index (χ3v) is 2.76. The molecule has 1 aliphatic carbocycles. The molecule has 0 atom stereocenters. The first-order chi connectivity index (χ1) is 7.95. The summed E-state index contributed by atoms with van der Waals surface area (Å²) in [5.74, 6) is 0.599. The highest BCUT2D eigenvalue weighted by molar-refractivity contribution is 6.29. The van der Waals surface area contributed by atoms with Gasteiger partial charge in [-0.05, 0) is 18.4 Å². The second-order valence-electron chi connectivity index (χ2n) is 4.10. The van der Waals surface area contributed by atoms with Crippen LogP contribution in [0, 0.1) is 5.92 Å². The van der Waals surface area contributed by atoms with Crippen LogP contribution in [-0.4, -0.2) is 11.6 Å². The van der Waals surface area contributed by atoms with Gasteiger partial charge < -0.3 is 4.74 Å². The van der Waals surface area contributed by atoms with Crippen LogP contribution in [-0.2, 0) is 6.18 Å². The predicted molar refractivity (Wildman–Crippen MR) is 57.1 cm³/mol. The molecule has 1 aliphatic rings. The Morgan fingerprint density at radius 3 is 2.65 bits per heavy atom. The fourth-order valence-corrected chi connectivity index (χ4v) is 1.65. The van der Waals surface area contributed by atoms with Gasteiger partial charge >= 0.3 is 6.18 Å². The summed E-state index contributed by atoms with van der Waals surface area (Å²) in [7, 11) is 0. The maximum Gasteiger partial charge on any atom is 0.416 e. The average molecular weight is 266 g/mol. The van der Waals surface area contributed by atoms with E-state index in [4.69, 9.17) is 16.3 Å². The number of hydrogen-bond donors (Lipinski definition) is 0. The minimum atomic E-state index is -4.43. The lowest BCUT2D eigenvalue weighted by molar-refractivity contribution is -0.137. The molecule has 2 nitrogen and oxygen atoms in total. The van der Waals surface area contributed by atoms with Crippen molar-refractivity contribution in [1.82, 2.24) is 4.98 Å². The minimum Gasteiger partial charge on any atom is -0.478 e. The topological polar surface area (TPSA) is 22.1 Å². The number of pyridine rings is 1. The molecule has 1 saturated carbocycles. The first-order valence-electron chi connectivity index (χ1n) is 5.33. The highest BCUT2D eigenvalue weighted by Gasteiger charge is 2.31. The zero-order valence-electron chi connectivity index (χ0n) is 8.93. The number of alkyl halides is 3. The van der Waals surface area contributed by atoms with Gasteiger partial charge in [-0.1, -0.05) is 24.4 Å². The Kier molecular flexibility index (Phi) is 3.47. The van der Waals surface area contributed by atoms with Gasteiger partial charge in [-0.3, -0.25) is 0 Å². The van der Waals surface area contributed by atoms with Gasteiger partial charge in [-0.15, -0.1) is 0 Å². The summed E-state index contributed by atoms with van der Waals surface area (Å²) in [5, 5.41) is -0.207. The SMILES string of the molecule is FC(F)(F)c1cc(Cl)nc(OCCC2CC2)c1. The fourth-order valence-electron chi connectivity index (χ4n) is 1.45. The normalized spacial score (nSPS) is 16.0. The molecule has 0 unspecified atom stereocenters. The highest BCUT2D eigenvalue weighted by atomic mass is 35.5. The van der Waals surface area contributed by atoms with Crippen molar-refractivity contribution in [3.05, 3.63) is 22.8 Å². The number of aromatic nitrogens is 1. The van der Waals surface area contributed by atoms with Crippen molar-refractivity contribution in [2.75, 3.05) is 6.61 Å². The monoisotopic (exact) mass is 265 g/mol. The average Bonchev–Trinajstić information content (AvgIpc) is 2.99. The van der Waals surface area contributed by atoms with Crippen molar-refractivity contribution < 1.29 is 17.9 Å². The maximum atomic E-state index is 12.5. The van der Waals surface area contributed by atoms with Crippen LogP contribution in [0.4, 0.5) is 13.2 Å². The van der Waals surface area contributed by atoms with E-state index in [1.54, 1.807) is 0 Å². The summed E-state index contributed by atoms with van der Waals surface area (Å²) in [4.78, 5) is 3.71. The van der Waals surface area contributed by atoms with Gasteiger partial charge in [0, 0.05) is 6.07 Å². The first kappa shape index (κ1) is 12.5. The van der Waals surface area contributed by atoms with Gasteiger partial charge in [0.25, 0.3) is 0 Å². The van der Waals surface area contributed by atoms with E-state index in [-0.39, 0.29) is 11.0 Å². The zero-order valence-corrected chi connectivity index (χ0v) is 9.68. The molecule has 0 aliphatic heterocycles. The van der Waals surface area contributed by atoms with E-state index in [1.165, 1.54) is 12.8 Å². The van der Waals surface area contributed by atoms with Gasteiger partial charge in [0.05, 0.1) is 12.2 Å². The Bertz CT molecular complexity index is 404. The lowest BCUT2D eigenvalue weighted by atomic mass is 10.2. The van der Waals surface area contributed by atoms with Crippen LogP contribution in [0.5, 0.6) is 5.88 Å². The summed E-state index contributed by atoms with van der Waals surface area (Å²) >= 11 is 5.52. The van der Waals surface area contributed by atoms with Gasteiger partial charge in [0.15, 0.2) is 0 Å². The molecule has 0 spiro atoms. The summed E-state index contributed by atoms with van der Waals surface area (Å²) in [5.41, 5.74) is -0.834. The molecular weight excluding hydrogens is 255 g/mol. The molecule has 0 radical (unpaired) electrons. The molecule has 0 saturated heterocycles. The maximum absolute atomic E-state index is 12.5. The number of hydrogen-bond acceptors (Lipinski definition) is 2. The van der Waals surface area contributed by atoms with Crippen molar-refractivity contribution in [2.45, 2.75) is 25.4 Å². The molecule has 0 amide bonds.